The summed E-state index contributed by atoms with van der Waals surface area (Å²) in [6.45, 7) is 0. The number of imidazole rings is 1. The third-order valence-electron chi connectivity index (χ3n) is 4.57. The number of piperidine rings is 1. The van der Waals surface area contributed by atoms with E-state index in [4.69, 9.17) is 11.5 Å². The van der Waals surface area contributed by atoms with Crippen molar-refractivity contribution in [1.82, 2.24) is 24.8 Å². The number of nitrogens with one attached hydrogen (secondary N) is 1. The molecule has 110 valence electrons. The molecule has 5 N–H and O–H groups in total. The molecule has 21 heavy (non-hydrogen) atoms. The summed E-state index contributed by atoms with van der Waals surface area (Å²) < 4.78 is 1.98. The highest BCUT2D eigenvalue weighted by molar-refractivity contribution is 5.83. The third kappa shape index (κ3) is 1.90. The highest BCUT2D eigenvalue weighted by Gasteiger charge is 2.38. The van der Waals surface area contributed by atoms with Gasteiger partial charge in [-0.25, -0.2) is 4.98 Å². The summed E-state index contributed by atoms with van der Waals surface area (Å²) in [4.78, 5) is 24.3. The molecule has 2 bridgehead atoms. The fourth-order valence-corrected chi connectivity index (χ4v) is 3.64. The molecule has 3 atom stereocenters. The van der Waals surface area contributed by atoms with Gasteiger partial charge in [0.25, 0.3) is 0 Å². The van der Waals surface area contributed by atoms with Crippen LogP contribution in [0.5, 0.6) is 0 Å². The van der Waals surface area contributed by atoms with Crippen LogP contribution in [0.4, 0.5) is 11.8 Å². The van der Waals surface area contributed by atoms with Crippen LogP contribution in [-0.4, -0.2) is 31.5 Å². The van der Waals surface area contributed by atoms with Crippen LogP contribution in [0.3, 0.4) is 0 Å². The van der Waals surface area contributed by atoms with E-state index >= 15 is 0 Å². The first kappa shape index (κ1) is 12.4. The number of nitrogen functional groups attached to an aromatic ring is 2. The van der Waals surface area contributed by atoms with Crippen LogP contribution >= 0.6 is 0 Å². The molecule has 8 heteroatoms. The summed E-state index contributed by atoms with van der Waals surface area (Å²) in [6, 6.07) is 0.268. The smallest absolute Gasteiger partial charge is 0.224 e. The lowest BCUT2D eigenvalue weighted by Crippen LogP contribution is -2.49. The number of hydrogen-bond donors (Lipinski definition) is 3. The zero-order valence-electron chi connectivity index (χ0n) is 11.5. The van der Waals surface area contributed by atoms with Crippen molar-refractivity contribution in [3.63, 3.8) is 0 Å². The minimum Gasteiger partial charge on any atom is -0.382 e. The second-order valence-corrected chi connectivity index (χ2v) is 5.92. The van der Waals surface area contributed by atoms with Crippen molar-refractivity contribution in [2.24, 2.45) is 5.92 Å². The molecule has 2 aromatic rings. The van der Waals surface area contributed by atoms with Gasteiger partial charge in [-0.2, -0.15) is 9.97 Å². The summed E-state index contributed by atoms with van der Waals surface area (Å²) in [7, 11) is 0. The fourth-order valence-electron chi connectivity index (χ4n) is 3.64. The minimum atomic E-state index is 0.125. The lowest BCUT2D eigenvalue weighted by molar-refractivity contribution is -0.126. The van der Waals surface area contributed by atoms with E-state index in [-0.39, 0.29) is 29.8 Å². The van der Waals surface area contributed by atoms with Gasteiger partial charge in [0.05, 0.1) is 12.4 Å². The Morgan fingerprint density at radius 1 is 1.29 bits per heavy atom. The second kappa shape index (κ2) is 4.31. The Kier molecular flexibility index (Phi) is 2.54. The standard InChI is InChI=1S/C13H17N7O/c14-11-10-12(19-13(15)18-11)20(5-16-10)8-2-1-6-3-7(8)17-9(21)4-6/h5-8H,1-4H2,(H,17,21)(H4,14,15,18,19)/t6-,7-,8-/m0/s1. The summed E-state index contributed by atoms with van der Waals surface area (Å²) in [5.74, 6) is 1.07. The molecule has 4 rings (SSSR count). The van der Waals surface area contributed by atoms with Gasteiger partial charge in [-0.05, 0) is 25.2 Å². The lowest BCUT2D eigenvalue weighted by atomic mass is 9.77. The van der Waals surface area contributed by atoms with Crippen molar-refractivity contribution in [2.45, 2.75) is 37.8 Å². The molecule has 0 spiro atoms. The molecule has 0 unspecified atom stereocenters. The molecule has 0 aromatic carbocycles. The van der Waals surface area contributed by atoms with Crippen molar-refractivity contribution in [3.8, 4) is 0 Å². The number of amides is 1. The van der Waals surface area contributed by atoms with Crippen LogP contribution in [0.25, 0.3) is 11.2 Å². The molecule has 1 saturated heterocycles. The van der Waals surface area contributed by atoms with Crippen molar-refractivity contribution in [3.05, 3.63) is 6.33 Å². The normalized spacial score (nSPS) is 28.6. The summed E-state index contributed by atoms with van der Waals surface area (Å²) in [6.07, 6.45) is 5.41. The topological polar surface area (TPSA) is 125 Å². The summed E-state index contributed by atoms with van der Waals surface area (Å²) >= 11 is 0. The Balaban J connectivity index is 1.78. The van der Waals surface area contributed by atoms with Crippen LogP contribution in [-0.2, 0) is 4.79 Å². The van der Waals surface area contributed by atoms with Crippen LogP contribution in [0.1, 0.15) is 31.7 Å². The predicted octanol–water partition coefficient (Wildman–Crippen LogP) is 0.220. The zero-order valence-corrected chi connectivity index (χ0v) is 11.5. The van der Waals surface area contributed by atoms with Crippen molar-refractivity contribution in [1.29, 1.82) is 0 Å². The quantitative estimate of drug-likeness (QED) is 0.689. The molecule has 1 aliphatic carbocycles. The van der Waals surface area contributed by atoms with Gasteiger partial charge >= 0.3 is 0 Å². The minimum absolute atomic E-state index is 0.125. The monoisotopic (exact) mass is 287 g/mol. The first-order valence-corrected chi connectivity index (χ1v) is 7.16. The van der Waals surface area contributed by atoms with Gasteiger partial charge in [-0.1, -0.05) is 0 Å². The van der Waals surface area contributed by atoms with Gasteiger partial charge < -0.3 is 21.4 Å². The van der Waals surface area contributed by atoms with E-state index in [0.717, 1.165) is 19.3 Å². The summed E-state index contributed by atoms with van der Waals surface area (Å²) in [5, 5.41) is 3.09. The highest BCUT2D eigenvalue weighted by Crippen LogP contribution is 2.38. The number of nitrogens with zero attached hydrogens (tertiary/aromatic N) is 4. The lowest BCUT2D eigenvalue weighted by Gasteiger charge is -2.40. The molecule has 1 aliphatic heterocycles. The third-order valence-corrected chi connectivity index (χ3v) is 4.57. The van der Waals surface area contributed by atoms with E-state index in [2.05, 4.69) is 20.3 Å². The molecule has 1 amide bonds. The van der Waals surface area contributed by atoms with Crippen LogP contribution in [0.2, 0.25) is 0 Å². The average Bonchev–Trinajstić information content (AvgIpc) is 2.82. The molecule has 2 aromatic heterocycles. The molecular weight excluding hydrogens is 270 g/mol. The molecule has 8 nitrogen and oxygen atoms in total. The Morgan fingerprint density at radius 3 is 3.00 bits per heavy atom. The SMILES string of the molecule is Nc1nc(N)c2ncn([C@H]3CC[C@@H]4CC(=O)N[C@H]3C4)c2n1. The van der Waals surface area contributed by atoms with Crippen LogP contribution < -0.4 is 16.8 Å². The first-order chi connectivity index (χ1) is 10.1. The van der Waals surface area contributed by atoms with Gasteiger partial charge in [-0.3, -0.25) is 4.79 Å². The fraction of sp³-hybridized carbons (Fsp3) is 0.538. The van der Waals surface area contributed by atoms with E-state index in [9.17, 15) is 4.79 Å². The van der Waals surface area contributed by atoms with Crippen LogP contribution in [0.15, 0.2) is 6.33 Å². The van der Waals surface area contributed by atoms with E-state index in [1.54, 1.807) is 6.33 Å². The Hall–Kier alpha value is -2.38. The van der Waals surface area contributed by atoms with Gasteiger partial charge in [0.1, 0.15) is 5.52 Å². The number of anilines is 2. The van der Waals surface area contributed by atoms with E-state index < -0.39 is 0 Å². The van der Waals surface area contributed by atoms with Crippen molar-refractivity contribution < 1.29 is 4.79 Å². The zero-order chi connectivity index (χ0) is 14.6. The van der Waals surface area contributed by atoms with E-state index in [1.165, 1.54) is 0 Å². The molecule has 1 saturated carbocycles. The number of carbonyl (C=O) groups is 1. The maximum absolute atomic E-state index is 11.8. The highest BCUT2D eigenvalue weighted by atomic mass is 16.1. The first-order valence-electron chi connectivity index (χ1n) is 7.16. The number of aromatic nitrogens is 4. The van der Waals surface area contributed by atoms with Gasteiger partial charge in [0.15, 0.2) is 11.5 Å². The largest absolute Gasteiger partial charge is 0.382 e. The maximum atomic E-state index is 11.8. The van der Waals surface area contributed by atoms with Gasteiger partial charge in [0, 0.05) is 12.5 Å². The number of hydrogen-bond acceptors (Lipinski definition) is 6. The Morgan fingerprint density at radius 2 is 2.14 bits per heavy atom. The molecule has 3 heterocycles. The van der Waals surface area contributed by atoms with E-state index in [1.807, 2.05) is 4.57 Å². The summed E-state index contributed by atoms with van der Waals surface area (Å²) in [5.41, 5.74) is 12.7. The number of nitrogens with two attached hydrogens (primary N) is 2. The maximum Gasteiger partial charge on any atom is 0.224 e. The molecule has 2 aliphatic rings. The van der Waals surface area contributed by atoms with Gasteiger partial charge in [0.2, 0.25) is 11.9 Å². The predicted molar refractivity (Wildman–Crippen MR) is 77.1 cm³/mol. The number of carbonyl (C=O) groups excluding carboxylic acids is 1. The number of fused-ring (bicyclic) bond motifs is 3. The number of rotatable bonds is 1. The van der Waals surface area contributed by atoms with Crippen LogP contribution in [0, 0.1) is 5.92 Å². The molecule has 0 radical (unpaired) electrons. The average molecular weight is 287 g/mol. The van der Waals surface area contributed by atoms with E-state index in [0.29, 0.717) is 23.5 Å². The Bertz CT molecular complexity index is 725. The second-order valence-electron chi connectivity index (χ2n) is 5.92. The Labute approximate surface area is 120 Å². The van der Waals surface area contributed by atoms with Gasteiger partial charge in [-0.15, -0.1) is 0 Å². The van der Waals surface area contributed by atoms with Crippen molar-refractivity contribution >= 4 is 28.8 Å². The van der Waals surface area contributed by atoms with Crippen molar-refractivity contribution in [2.75, 3.05) is 11.5 Å². The molecular formula is C13H17N7O. The molecule has 2 fully saturated rings.